The van der Waals surface area contributed by atoms with E-state index in [0.29, 0.717) is 13.1 Å². The number of methoxy groups -OCH3 is 1. The first-order valence-corrected chi connectivity index (χ1v) is 9.53. The number of nitrogens with one attached hydrogen (secondary N) is 1. The van der Waals surface area contributed by atoms with Crippen LogP contribution in [0.1, 0.15) is 32.6 Å². The number of hydrogen-bond acceptors (Lipinski definition) is 4. The molecule has 6 nitrogen and oxygen atoms in total. The summed E-state index contributed by atoms with van der Waals surface area (Å²) in [6.45, 7) is 4.48. The molecule has 1 atom stereocenters. The highest BCUT2D eigenvalue weighted by Crippen LogP contribution is 2.29. The fourth-order valence-electron chi connectivity index (χ4n) is 4.07. The molecule has 1 saturated heterocycles. The molecule has 0 unspecified atom stereocenters. The molecule has 1 aromatic carbocycles. The number of benzene rings is 1. The van der Waals surface area contributed by atoms with Crippen LogP contribution in [0.4, 0.5) is 5.69 Å². The van der Waals surface area contributed by atoms with Gasteiger partial charge in [-0.1, -0.05) is 12.8 Å². The summed E-state index contributed by atoms with van der Waals surface area (Å²) in [5.41, 5.74) is 1.15. The lowest BCUT2D eigenvalue weighted by Gasteiger charge is -2.38. The summed E-state index contributed by atoms with van der Waals surface area (Å²) in [4.78, 5) is 28.8. The molecule has 0 spiro atoms. The molecule has 1 saturated carbocycles. The number of nitrogens with zero attached hydrogens (tertiary/aromatic N) is 2. The molecule has 142 valence electrons. The molecule has 6 heteroatoms. The summed E-state index contributed by atoms with van der Waals surface area (Å²) < 4.78 is 5.21. The smallest absolute Gasteiger partial charge is 0.245 e. The van der Waals surface area contributed by atoms with Gasteiger partial charge in [0.25, 0.3) is 0 Å². The lowest BCUT2D eigenvalue weighted by atomic mass is 9.96. The van der Waals surface area contributed by atoms with Gasteiger partial charge in [-0.25, -0.2) is 0 Å². The topological polar surface area (TPSA) is 61.9 Å². The van der Waals surface area contributed by atoms with E-state index >= 15 is 0 Å². The van der Waals surface area contributed by atoms with Crippen LogP contribution in [0.25, 0.3) is 0 Å². The zero-order valence-corrected chi connectivity index (χ0v) is 15.7. The molecule has 1 aliphatic carbocycles. The standard InChI is InChI=1S/C20H29N3O3/c1-15(24)21-19(16-5-3-4-6-16)20(25)23-13-11-22(12-14-23)17-7-9-18(26-2)10-8-17/h7-10,16,19H,3-6,11-14H2,1-2H3,(H,21,24)/t19-/m0/s1. The molecule has 1 heterocycles. The molecule has 1 aromatic rings. The summed E-state index contributed by atoms with van der Waals surface area (Å²) in [7, 11) is 1.66. The highest BCUT2D eigenvalue weighted by atomic mass is 16.5. The average molecular weight is 359 g/mol. The van der Waals surface area contributed by atoms with Gasteiger partial charge in [0, 0.05) is 38.8 Å². The Morgan fingerprint density at radius 1 is 1.08 bits per heavy atom. The van der Waals surface area contributed by atoms with E-state index in [4.69, 9.17) is 4.74 Å². The molecule has 2 amide bonds. The summed E-state index contributed by atoms with van der Waals surface area (Å²) in [5, 5.41) is 2.92. The molecule has 1 aliphatic heterocycles. The van der Waals surface area contributed by atoms with Crippen LogP contribution in [-0.4, -0.2) is 56.0 Å². The van der Waals surface area contributed by atoms with Crippen molar-refractivity contribution in [2.45, 2.75) is 38.6 Å². The van der Waals surface area contributed by atoms with Crippen molar-refractivity contribution in [3.05, 3.63) is 24.3 Å². The molecule has 2 aliphatic rings. The normalized spacial score (nSPS) is 19.3. The number of ether oxygens (including phenoxy) is 1. The fraction of sp³-hybridized carbons (Fsp3) is 0.600. The summed E-state index contributed by atoms with van der Waals surface area (Å²) in [5.74, 6) is 1.09. The first-order valence-electron chi connectivity index (χ1n) is 9.53. The Morgan fingerprint density at radius 2 is 1.69 bits per heavy atom. The molecule has 1 N–H and O–H groups in total. The van der Waals surface area contributed by atoms with E-state index in [9.17, 15) is 9.59 Å². The predicted molar refractivity (Wildman–Crippen MR) is 101 cm³/mol. The SMILES string of the molecule is COc1ccc(N2CCN(C(=O)[C@@H](NC(C)=O)C3CCCC3)CC2)cc1. The van der Waals surface area contributed by atoms with Crippen LogP contribution >= 0.6 is 0 Å². The number of carbonyl (C=O) groups excluding carboxylic acids is 2. The third kappa shape index (κ3) is 4.29. The Kier molecular flexibility index (Phi) is 6.01. The van der Waals surface area contributed by atoms with Crippen LogP contribution in [0.3, 0.4) is 0 Å². The van der Waals surface area contributed by atoms with Crippen molar-refractivity contribution in [2.75, 3.05) is 38.2 Å². The van der Waals surface area contributed by atoms with Crippen LogP contribution in [-0.2, 0) is 9.59 Å². The molecule has 0 bridgehead atoms. The van der Waals surface area contributed by atoms with Gasteiger partial charge in [-0.2, -0.15) is 0 Å². The van der Waals surface area contributed by atoms with E-state index in [1.165, 1.54) is 6.92 Å². The molecule has 26 heavy (non-hydrogen) atoms. The molecule has 2 fully saturated rings. The minimum Gasteiger partial charge on any atom is -0.497 e. The number of rotatable bonds is 5. The maximum Gasteiger partial charge on any atom is 0.245 e. The van der Waals surface area contributed by atoms with Gasteiger partial charge >= 0.3 is 0 Å². The summed E-state index contributed by atoms with van der Waals surface area (Å²) in [6.07, 6.45) is 4.36. The Bertz CT molecular complexity index is 618. The second-order valence-electron chi connectivity index (χ2n) is 7.23. The Hall–Kier alpha value is -2.24. The number of hydrogen-bond donors (Lipinski definition) is 1. The summed E-state index contributed by atoms with van der Waals surface area (Å²) in [6, 6.07) is 7.66. The first-order chi connectivity index (χ1) is 12.6. The Morgan fingerprint density at radius 3 is 2.23 bits per heavy atom. The van der Waals surface area contributed by atoms with E-state index < -0.39 is 0 Å². The fourth-order valence-corrected chi connectivity index (χ4v) is 4.07. The van der Waals surface area contributed by atoms with Crippen molar-refractivity contribution in [3.63, 3.8) is 0 Å². The number of carbonyl (C=O) groups is 2. The lowest BCUT2D eigenvalue weighted by molar-refractivity contribution is -0.137. The van der Waals surface area contributed by atoms with Gasteiger partial charge in [0.1, 0.15) is 11.8 Å². The third-order valence-electron chi connectivity index (χ3n) is 5.52. The number of anilines is 1. The largest absolute Gasteiger partial charge is 0.497 e. The van der Waals surface area contributed by atoms with E-state index in [-0.39, 0.29) is 23.8 Å². The molecule has 0 radical (unpaired) electrons. The van der Waals surface area contributed by atoms with Gasteiger partial charge < -0.3 is 19.9 Å². The average Bonchev–Trinajstić information content (AvgIpc) is 3.20. The first kappa shape index (κ1) is 18.5. The van der Waals surface area contributed by atoms with Gasteiger partial charge in [-0.3, -0.25) is 9.59 Å². The number of amides is 2. The Labute approximate surface area is 155 Å². The molecular weight excluding hydrogens is 330 g/mol. The second-order valence-corrected chi connectivity index (χ2v) is 7.23. The van der Waals surface area contributed by atoms with E-state index in [0.717, 1.165) is 50.2 Å². The minimum absolute atomic E-state index is 0.0847. The van der Waals surface area contributed by atoms with Gasteiger partial charge in [-0.05, 0) is 43.0 Å². The van der Waals surface area contributed by atoms with Crippen molar-refractivity contribution < 1.29 is 14.3 Å². The zero-order chi connectivity index (χ0) is 18.5. The molecule has 0 aromatic heterocycles. The number of piperazine rings is 1. The second kappa shape index (κ2) is 8.43. The van der Waals surface area contributed by atoms with Crippen molar-refractivity contribution in [1.29, 1.82) is 0 Å². The van der Waals surface area contributed by atoms with Crippen molar-refractivity contribution in [1.82, 2.24) is 10.2 Å². The van der Waals surface area contributed by atoms with Crippen LogP contribution in [0.2, 0.25) is 0 Å². The minimum atomic E-state index is -0.359. The third-order valence-corrected chi connectivity index (χ3v) is 5.52. The van der Waals surface area contributed by atoms with Gasteiger partial charge in [0.2, 0.25) is 11.8 Å². The molecular formula is C20H29N3O3. The lowest BCUT2D eigenvalue weighted by Crippen LogP contribution is -2.56. The van der Waals surface area contributed by atoms with E-state index in [2.05, 4.69) is 22.3 Å². The van der Waals surface area contributed by atoms with E-state index in [1.807, 2.05) is 17.0 Å². The maximum absolute atomic E-state index is 13.0. The van der Waals surface area contributed by atoms with Crippen molar-refractivity contribution >= 4 is 17.5 Å². The van der Waals surface area contributed by atoms with Gasteiger partial charge in [0.15, 0.2) is 0 Å². The molecule has 3 rings (SSSR count). The highest BCUT2D eigenvalue weighted by Gasteiger charge is 2.35. The monoisotopic (exact) mass is 359 g/mol. The van der Waals surface area contributed by atoms with Crippen LogP contribution in [0.15, 0.2) is 24.3 Å². The Balaban J connectivity index is 1.59. The van der Waals surface area contributed by atoms with Crippen LogP contribution < -0.4 is 15.0 Å². The van der Waals surface area contributed by atoms with Crippen LogP contribution in [0, 0.1) is 5.92 Å². The van der Waals surface area contributed by atoms with Gasteiger partial charge in [0.05, 0.1) is 7.11 Å². The van der Waals surface area contributed by atoms with Crippen LogP contribution in [0.5, 0.6) is 5.75 Å². The van der Waals surface area contributed by atoms with E-state index in [1.54, 1.807) is 7.11 Å². The highest BCUT2D eigenvalue weighted by molar-refractivity contribution is 5.87. The maximum atomic E-state index is 13.0. The zero-order valence-electron chi connectivity index (χ0n) is 15.7. The predicted octanol–water partition coefficient (Wildman–Crippen LogP) is 2.04. The van der Waals surface area contributed by atoms with Crippen molar-refractivity contribution in [3.8, 4) is 5.75 Å². The van der Waals surface area contributed by atoms with Crippen molar-refractivity contribution in [2.24, 2.45) is 5.92 Å². The quantitative estimate of drug-likeness (QED) is 0.874. The van der Waals surface area contributed by atoms with Gasteiger partial charge in [-0.15, -0.1) is 0 Å². The summed E-state index contributed by atoms with van der Waals surface area (Å²) >= 11 is 0.